The van der Waals surface area contributed by atoms with Gasteiger partial charge in [-0.25, -0.2) is 0 Å². The lowest BCUT2D eigenvalue weighted by Gasteiger charge is -2.15. The van der Waals surface area contributed by atoms with E-state index in [1.165, 1.54) is 0 Å². The van der Waals surface area contributed by atoms with Crippen LogP contribution in [0.5, 0.6) is 0 Å². The summed E-state index contributed by atoms with van der Waals surface area (Å²) in [5.41, 5.74) is 5.22. The van der Waals surface area contributed by atoms with E-state index < -0.39 is 0 Å². The molecule has 1 fully saturated rings. The maximum Gasteiger partial charge on any atom is 0.227 e. The average Bonchev–Trinajstić information content (AvgIpc) is 2.71. The summed E-state index contributed by atoms with van der Waals surface area (Å²) in [6, 6.07) is 1.82. The zero-order valence-corrected chi connectivity index (χ0v) is 8.25. The van der Waals surface area contributed by atoms with Crippen LogP contribution in [0.3, 0.4) is 0 Å². The fourth-order valence-electron chi connectivity index (χ4n) is 1.58. The molecule has 1 amide bonds. The molecule has 3 N–H and O–H groups in total. The molecule has 14 heavy (non-hydrogen) atoms. The van der Waals surface area contributed by atoms with E-state index in [1.54, 1.807) is 6.20 Å². The van der Waals surface area contributed by atoms with E-state index in [2.05, 4.69) is 10.2 Å². The third kappa shape index (κ3) is 1.37. The number of anilines is 1. The molecule has 0 radical (unpaired) electrons. The number of rotatable bonds is 2. The van der Waals surface area contributed by atoms with Gasteiger partial charge in [-0.05, 0) is 6.42 Å². The number of nitrogens with zero attached hydrogens (tertiary/aromatic N) is 2. The Balaban J connectivity index is 2.19. The van der Waals surface area contributed by atoms with Gasteiger partial charge in [-0.2, -0.15) is 5.10 Å². The number of amides is 1. The summed E-state index contributed by atoms with van der Waals surface area (Å²) in [6.45, 7) is 0.717. The molecular weight excluding hydrogens is 200 g/mol. The molecule has 0 aliphatic carbocycles. The summed E-state index contributed by atoms with van der Waals surface area (Å²) >= 11 is 5.16. The van der Waals surface area contributed by atoms with Crippen LogP contribution in [0.4, 0.5) is 5.82 Å². The number of primary amides is 1. The van der Waals surface area contributed by atoms with Crippen LogP contribution in [0.15, 0.2) is 12.3 Å². The smallest absolute Gasteiger partial charge is 0.227 e. The van der Waals surface area contributed by atoms with Gasteiger partial charge < -0.3 is 10.6 Å². The minimum Gasteiger partial charge on any atom is -0.369 e. The molecule has 2 heterocycles. The Hall–Kier alpha value is -1.43. The number of aromatic nitrogens is 2. The molecule has 2 rings (SSSR count). The number of H-pyrrole nitrogens is 1. The van der Waals surface area contributed by atoms with Crippen molar-refractivity contribution in [3.63, 3.8) is 0 Å². The summed E-state index contributed by atoms with van der Waals surface area (Å²) in [6.07, 6.45) is 2.34. The van der Waals surface area contributed by atoms with Gasteiger partial charge in [-0.1, -0.05) is 12.2 Å². The average molecular weight is 210 g/mol. The largest absolute Gasteiger partial charge is 0.369 e. The predicted molar refractivity (Wildman–Crippen MR) is 55.8 cm³/mol. The van der Waals surface area contributed by atoms with Crippen LogP contribution < -0.4 is 10.6 Å². The highest BCUT2D eigenvalue weighted by Crippen LogP contribution is 2.24. The van der Waals surface area contributed by atoms with Crippen molar-refractivity contribution in [2.75, 3.05) is 11.4 Å². The standard InChI is InChI=1S/C8H10N4OS/c9-7(13)5-2-4-12(8(5)14)6-1-3-10-11-6/h1,3,5H,2,4H2,(H2,9,13)(H,10,11)/t5-/m0/s1. The zero-order chi connectivity index (χ0) is 10.1. The molecule has 1 aromatic rings. The van der Waals surface area contributed by atoms with Crippen LogP contribution >= 0.6 is 12.2 Å². The number of carbonyl (C=O) groups is 1. The van der Waals surface area contributed by atoms with E-state index in [0.29, 0.717) is 18.0 Å². The van der Waals surface area contributed by atoms with Crippen molar-refractivity contribution in [1.29, 1.82) is 0 Å². The number of carbonyl (C=O) groups excluding carboxylic acids is 1. The molecule has 5 nitrogen and oxygen atoms in total. The van der Waals surface area contributed by atoms with Crippen LogP contribution in [0.2, 0.25) is 0 Å². The lowest BCUT2D eigenvalue weighted by molar-refractivity contribution is -0.119. The summed E-state index contributed by atoms with van der Waals surface area (Å²) in [4.78, 5) is 13.5. The summed E-state index contributed by atoms with van der Waals surface area (Å²) < 4.78 is 0. The van der Waals surface area contributed by atoms with Crippen LogP contribution in [0.1, 0.15) is 6.42 Å². The zero-order valence-electron chi connectivity index (χ0n) is 7.43. The molecular formula is C8H10N4OS. The first-order valence-electron chi connectivity index (χ1n) is 4.30. The van der Waals surface area contributed by atoms with Crippen molar-refractivity contribution in [2.45, 2.75) is 6.42 Å². The lowest BCUT2D eigenvalue weighted by Crippen LogP contribution is -2.32. The highest BCUT2D eigenvalue weighted by atomic mass is 32.1. The van der Waals surface area contributed by atoms with E-state index in [4.69, 9.17) is 18.0 Å². The molecule has 1 aromatic heterocycles. The lowest BCUT2D eigenvalue weighted by atomic mass is 10.1. The van der Waals surface area contributed by atoms with Crippen molar-refractivity contribution in [3.05, 3.63) is 12.3 Å². The van der Waals surface area contributed by atoms with Crippen LogP contribution in [0, 0.1) is 5.92 Å². The fourth-order valence-corrected chi connectivity index (χ4v) is 2.01. The van der Waals surface area contributed by atoms with Crippen molar-refractivity contribution < 1.29 is 4.79 Å². The highest BCUT2D eigenvalue weighted by Gasteiger charge is 2.33. The topological polar surface area (TPSA) is 75.0 Å². The number of thiocarbonyl (C=S) groups is 1. The number of nitrogens with two attached hydrogens (primary N) is 1. The van der Waals surface area contributed by atoms with Crippen molar-refractivity contribution in [2.24, 2.45) is 11.7 Å². The first-order valence-corrected chi connectivity index (χ1v) is 4.71. The number of nitrogens with one attached hydrogen (secondary N) is 1. The van der Waals surface area contributed by atoms with Gasteiger partial charge >= 0.3 is 0 Å². The third-order valence-corrected chi connectivity index (χ3v) is 2.83. The fraction of sp³-hybridized carbons (Fsp3) is 0.375. The number of hydrogen-bond donors (Lipinski definition) is 2. The predicted octanol–water partition coefficient (Wildman–Crippen LogP) is 0.0487. The molecule has 0 bridgehead atoms. The maximum atomic E-state index is 11.0. The van der Waals surface area contributed by atoms with Crippen LogP contribution in [-0.4, -0.2) is 27.6 Å². The van der Waals surface area contributed by atoms with Crippen LogP contribution in [-0.2, 0) is 4.79 Å². The number of hydrogen-bond acceptors (Lipinski definition) is 3. The second-order valence-electron chi connectivity index (χ2n) is 3.18. The van der Waals surface area contributed by atoms with Gasteiger partial charge in [0.1, 0.15) is 5.82 Å². The maximum absolute atomic E-state index is 11.0. The van der Waals surface area contributed by atoms with Crippen LogP contribution in [0.25, 0.3) is 0 Å². The third-order valence-electron chi connectivity index (χ3n) is 2.33. The van der Waals surface area contributed by atoms with Gasteiger partial charge in [-0.15, -0.1) is 0 Å². The molecule has 0 unspecified atom stereocenters. The van der Waals surface area contributed by atoms with Crippen molar-refractivity contribution >= 4 is 28.9 Å². The van der Waals surface area contributed by atoms with Gasteiger partial charge in [0.2, 0.25) is 5.91 Å². The molecule has 0 saturated carbocycles. The first kappa shape index (κ1) is 9.14. The van der Waals surface area contributed by atoms with E-state index in [9.17, 15) is 4.79 Å². The normalized spacial score (nSPS) is 21.6. The second-order valence-corrected chi connectivity index (χ2v) is 3.59. The Morgan fingerprint density at radius 1 is 1.79 bits per heavy atom. The summed E-state index contributed by atoms with van der Waals surface area (Å²) in [5, 5.41) is 6.63. The second kappa shape index (κ2) is 3.38. The Bertz CT molecular complexity index is 361. The first-order chi connectivity index (χ1) is 6.70. The number of aromatic amines is 1. The van der Waals surface area contributed by atoms with Crippen molar-refractivity contribution in [3.8, 4) is 0 Å². The summed E-state index contributed by atoms with van der Waals surface area (Å²) in [7, 11) is 0. The molecule has 1 aliphatic rings. The Labute approximate surface area is 86.3 Å². The molecule has 1 aliphatic heterocycles. The quantitative estimate of drug-likeness (QED) is 0.676. The SMILES string of the molecule is NC(=O)[C@@H]1CCN(c2ccn[nH]2)C1=S. The highest BCUT2D eigenvalue weighted by molar-refractivity contribution is 7.80. The van der Waals surface area contributed by atoms with Gasteiger partial charge in [0.15, 0.2) is 0 Å². The minimum absolute atomic E-state index is 0.312. The van der Waals surface area contributed by atoms with Gasteiger partial charge in [0.25, 0.3) is 0 Å². The van der Waals surface area contributed by atoms with E-state index in [1.807, 2.05) is 11.0 Å². The monoisotopic (exact) mass is 210 g/mol. The minimum atomic E-state index is -0.350. The van der Waals surface area contributed by atoms with Crippen molar-refractivity contribution in [1.82, 2.24) is 10.2 Å². The Kier molecular flexibility index (Phi) is 2.20. The van der Waals surface area contributed by atoms with Gasteiger partial charge in [0.05, 0.1) is 17.1 Å². The van der Waals surface area contributed by atoms with Gasteiger partial charge in [0, 0.05) is 12.6 Å². The van der Waals surface area contributed by atoms with E-state index in [0.717, 1.165) is 5.82 Å². The molecule has 1 atom stereocenters. The molecule has 1 saturated heterocycles. The molecule has 74 valence electrons. The van der Waals surface area contributed by atoms with E-state index >= 15 is 0 Å². The Morgan fingerprint density at radius 2 is 2.57 bits per heavy atom. The molecule has 0 aromatic carbocycles. The molecule has 6 heteroatoms. The van der Waals surface area contributed by atoms with E-state index in [-0.39, 0.29) is 11.8 Å². The van der Waals surface area contributed by atoms with Gasteiger partial charge in [-0.3, -0.25) is 9.89 Å². The molecule has 0 spiro atoms. The summed E-state index contributed by atoms with van der Waals surface area (Å²) in [5.74, 6) is 0.157. The Morgan fingerprint density at radius 3 is 3.07 bits per heavy atom.